The number of amides is 1. The molecule has 4 heteroatoms. The molecule has 0 aromatic heterocycles. The van der Waals surface area contributed by atoms with Gasteiger partial charge in [-0.15, -0.1) is 6.58 Å². The molecule has 0 aromatic rings. The number of nitrogens with one attached hydrogen (secondary N) is 2. The van der Waals surface area contributed by atoms with E-state index < -0.39 is 0 Å². The van der Waals surface area contributed by atoms with Crippen LogP contribution in [0.2, 0.25) is 0 Å². The molecular formula is C17H27N3O. The summed E-state index contributed by atoms with van der Waals surface area (Å²) in [6.07, 6.45) is 14.8. The van der Waals surface area contributed by atoms with Crippen molar-refractivity contribution in [1.82, 2.24) is 5.32 Å². The van der Waals surface area contributed by atoms with E-state index in [4.69, 9.17) is 11.1 Å². The number of rotatable bonds is 10. The monoisotopic (exact) mass is 289 g/mol. The summed E-state index contributed by atoms with van der Waals surface area (Å²) in [4.78, 5) is 12.2. The average molecular weight is 289 g/mol. The number of allylic oxidation sites excluding steroid dienone is 3. The third-order valence-electron chi connectivity index (χ3n) is 3.65. The van der Waals surface area contributed by atoms with Crippen molar-refractivity contribution in [2.24, 2.45) is 11.7 Å². The van der Waals surface area contributed by atoms with Crippen molar-refractivity contribution in [2.75, 3.05) is 6.54 Å². The van der Waals surface area contributed by atoms with E-state index >= 15 is 0 Å². The zero-order valence-corrected chi connectivity index (χ0v) is 12.7. The molecule has 1 rings (SSSR count). The fourth-order valence-electron chi connectivity index (χ4n) is 2.35. The molecule has 4 N–H and O–H groups in total. The molecule has 0 aliphatic heterocycles. The van der Waals surface area contributed by atoms with E-state index in [9.17, 15) is 4.79 Å². The highest BCUT2D eigenvalue weighted by atomic mass is 16.1. The lowest BCUT2D eigenvalue weighted by Crippen LogP contribution is -2.38. The highest BCUT2D eigenvalue weighted by molar-refractivity contribution is 5.92. The molecule has 116 valence electrons. The van der Waals surface area contributed by atoms with Crippen molar-refractivity contribution >= 4 is 12.1 Å². The van der Waals surface area contributed by atoms with Gasteiger partial charge in [-0.2, -0.15) is 0 Å². The van der Waals surface area contributed by atoms with Crippen LogP contribution in [-0.2, 0) is 4.79 Å². The second-order valence-electron chi connectivity index (χ2n) is 5.37. The minimum absolute atomic E-state index is 0.0801. The van der Waals surface area contributed by atoms with Gasteiger partial charge in [0.1, 0.15) is 0 Å². The van der Waals surface area contributed by atoms with Gasteiger partial charge in [0.2, 0.25) is 5.91 Å². The molecule has 1 aliphatic carbocycles. The Morgan fingerprint density at radius 3 is 2.86 bits per heavy atom. The zero-order chi connectivity index (χ0) is 15.5. The lowest BCUT2D eigenvalue weighted by atomic mass is 9.98. The molecule has 0 aromatic carbocycles. The van der Waals surface area contributed by atoms with Crippen LogP contribution in [0.15, 0.2) is 36.5 Å². The van der Waals surface area contributed by atoms with Crippen LogP contribution in [0.3, 0.4) is 0 Å². The van der Waals surface area contributed by atoms with Gasteiger partial charge >= 0.3 is 0 Å². The summed E-state index contributed by atoms with van der Waals surface area (Å²) >= 11 is 0. The second-order valence-corrected chi connectivity index (χ2v) is 5.37. The van der Waals surface area contributed by atoms with E-state index in [0.29, 0.717) is 13.0 Å². The van der Waals surface area contributed by atoms with Crippen molar-refractivity contribution in [3.63, 3.8) is 0 Å². The number of unbranched alkanes of at least 4 members (excludes halogenated alkanes) is 1. The Morgan fingerprint density at radius 2 is 2.29 bits per heavy atom. The lowest BCUT2D eigenvalue weighted by Gasteiger charge is -2.19. The van der Waals surface area contributed by atoms with Crippen LogP contribution in [0.25, 0.3) is 0 Å². The SMILES string of the molecule is C=CC(CC1=CCCC=C1)NC(=O)C(C=N)CCCCN. The molecule has 0 saturated carbocycles. The minimum Gasteiger partial charge on any atom is -0.349 e. The third-order valence-corrected chi connectivity index (χ3v) is 3.65. The summed E-state index contributed by atoms with van der Waals surface area (Å²) in [5, 5.41) is 10.4. The summed E-state index contributed by atoms with van der Waals surface area (Å²) in [6.45, 7) is 4.43. The molecule has 0 spiro atoms. The molecule has 21 heavy (non-hydrogen) atoms. The molecule has 0 heterocycles. The largest absolute Gasteiger partial charge is 0.349 e. The van der Waals surface area contributed by atoms with Gasteiger partial charge in [-0.25, -0.2) is 0 Å². The van der Waals surface area contributed by atoms with E-state index in [1.807, 2.05) is 0 Å². The Morgan fingerprint density at radius 1 is 1.48 bits per heavy atom. The first-order valence-corrected chi connectivity index (χ1v) is 7.70. The number of carbonyl (C=O) groups excluding carboxylic acids is 1. The Hall–Kier alpha value is -1.68. The standard InChI is InChI=1S/C17H27N3O/c1-2-16(12-14-8-4-3-5-9-14)20-17(21)15(13-19)10-6-7-11-18/h2,4,8-9,13,15-16,19H,1,3,5-7,10-12,18H2,(H,20,21). The van der Waals surface area contributed by atoms with Crippen molar-refractivity contribution in [2.45, 2.75) is 44.6 Å². The van der Waals surface area contributed by atoms with Gasteiger partial charge < -0.3 is 16.5 Å². The van der Waals surface area contributed by atoms with Crippen LogP contribution in [0.5, 0.6) is 0 Å². The number of hydrogen-bond donors (Lipinski definition) is 3. The normalized spacial score (nSPS) is 16.7. The molecule has 0 bridgehead atoms. The fourth-order valence-corrected chi connectivity index (χ4v) is 2.35. The first-order valence-electron chi connectivity index (χ1n) is 7.70. The van der Waals surface area contributed by atoms with Crippen molar-refractivity contribution in [1.29, 1.82) is 5.41 Å². The highest BCUT2D eigenvalue weighted by Crippen LogP contribution is 2.16. The van der Waals surface area contributed by atoms with Crippen molar-refractivity contribution < 1.29 is 4.79 Å². The van der Waals surface area contributed by atoms with E-state index in [-0.39, 0.29) is 17.9 Å². The number of hydrogen-bond acceptors (Lipinski definition) is 3. The maximum atomic E-state index is 12.2. The Labute approximate surface area is 127 Å². The average Bonchev–Trinajstić information content (AvgIpc) is 2.51. The van der Waals surface area contributed by atoms with Crippen LogP contribution < -0.4 is 11.1 Å². The predicted molar refractivity (Wildman–Crippen MR) is 88.4 cm³/mol. The summed E-state index contributed by atoms with van der Waals surface area (Å²) in [7, 11) is 0. The van der Waals surface area contributed by atoms with E-state index in [1.54, 1.807) is 6.08 Å². The number of nitrogens with two attached hydrogens (primary N) is 1. The van der Waals surface area contributed by atoms with Gasteiger partial charge in [-0.05, 0) is 44.2 Å². The Bertz CT molecular complexity index is 412. The smallest absolute Gasteiger partial charge is 0.228 e. The molecule has 0 saturated heterocycles. The molecular weight excluding hydrogens is 262 g/mol. The molecule has 4 nitrogen and oxygen atoms in total. The van der Waals surface area contributed by atoms with E-state index in [0.717, 1.165) is 32.1 Å². The molecule has 1 amide bonds. The quantitative estimate of drug-likeness (QED) is 0.328. The van der Waals surface area contributed by atoms with E-state index in [2.05, 4.69) is 30.1 Å². The van der Waals surface area contributed by atoms with Gasteiger partial charge in [0.05, 0.1) is 12.0 Å². The van der Waals surface area contributed by atoms with Crippen LogP contribution in [0, 0.1) is 11.3 Å². The van der Waals surface area contributed by atoms with Gasteiger partial charge in [0.15, 0.2) is 0 Å². The van der Waals surface area contributed by atoms with Crippen LogP contribution in [0.1, 0.15) is 38.5 Å². The predicted octanol–water partition coefficient (Wildman–Crippen LogP) is 2.72. The second kappa shape index (κ2) is 10.1. The topological polar surface area (TPSA) is 79.0 Å². The van der Waals surface area contributed by atoms with E-state index in [1.165, 1.54) is 11.8 Å². The van der Waals surface area contributed by atoms with Gasteiger partial charge in [-0.3, -0.25) is 4.79 Å². The summed E-state index contributed by atoms with van der Waals surface area (Å²) in [6, 6.07) is -0.0801. The maximum absolute atomic E-state index is 12.2. The molecule has 0 radical (unpaired) electrons. The van der Waals surface area contributed by atoms with Crippen LogP contribution in [-0.4, -0.2) is 24.7 Å². The number of carbonyl (C=O) groups is 1. The first kappa shape index (κ1) is 17.4. The lowest BCUT2D eigenvalue weighted by molar-refractivity contribution is -0.123. The maximum Gasteiger partial charge on any atom is 0.228 e. The Balaban J connectivity index is 2.48. The summed E-state index contributed by atoms with van der Waals surface area (Å²) in [5.41, 5.74) is 6.69. The van der Waals surface area contributed by atoms with Crippen LogP contribution >= 0.6 is 0 Å². The molecule has 1 aliphatic rings. The molecule has 2 atom stereocenters. The third kappa shape index (κ3) is 6.54. The van der Waals surface area contributed by atoms with Gasteiger partial charge in [0, 0.05) is 6.21 Å². The van der Waals surface area contributed by atoms with Crippen LogP contribution in [0.4, 0.5) is 0 Å². The zero-order valence-electron chi connectivity index (χ0n) is 12.7. The fraction of sp³-hybridized carbons (Fsp3) is 0.529. The van der Waals surface area contributed by atoms with Gasteiger partial charge in [-0.1, -0.05) is 30.7 Å². The van der Waals surface area contributed by atoms with Crippen molar-refractivity contribution in [3.05, 3.63) is 36.5 Å². The minimum atomic E-state index is -0.366. The summed E-state index contributed by atoms with van der Waals surface area (Å²) < 4.78 is 0. The Kier molecular flexibility index (Phi) is 8.36. The summed E-state index contributed by atoms with van der Waals surface area (Å²) in [5.74, 6) is -0.456. The first-order chi connectivity index (χ1) is 10.2. The molecule has 2 unspecified atom stereocenters. The highest BCUT2D eigenvalue weighted by Gasteiger charge is 2.18. The van der Waals surface area contributed by atoms with Gasteiger partial charge in [0.25, 0.3) is 0 Å². The van der Waals surface area contributed by atoms with Crippen molar-refractivity contribution in [3.8, 4) is 0 Å². The molecule has 0 fully saturated rings.